The number of benzene rings is 2. The van der Waals surface area contributed by atoms with Gasteiger partial charge in [0, 0.05) is 18.5 Å². The van der Waals surface area contributed by atoms with Crippen molar-refractivity contribution in [2.75, 3.05) is 13.1 Å². The Morgan fingerprint density at radius 1 is 1.05 bits per heavy atom. The summed E-state index contributed by atoms with van der Waals surface area (Å²) in [6.07, 6.45) is 0.963. The molecule has 0 unspecified atom stereocenters. The molecule has 0 aliphatic carbocycles. The molecule has 1 fully saturated rings. The van der Waals surface area contributed by atoms with Gasteiger partial charge in [0.1, 0.15) is 5.82 Å². The standard InChI is InChI=1S/C17H18FN/c1-13-4-2-3-5-16(13)17(11-19-12-17)10-14-6-8-15(18)9-7-14/h2-9,19H,10-12H2,1H3. The first-order valence-corrected chi connectivity index (χ1v) is 6.71. The Bertz CT molecular complexity index is 570. The molecule has 1 N–H and O–H groups in total. The highest BCUT2D eigenvalue weighted by Gasteiger charge is 2.39. The van der Waals surface area contributed by atoms with Crippen molar-refractivity contribution >= 4 is 0 Å². The molecule has 1 aliphatic heterocycles. The molecule has 2 aromatic carbocycles. The summed E-state index contributed by atoms with van der Waals surface area (Å²) in [5.74, 6) is -0.166. The fraction of sp³-hybridized carbons (Fsp3) is 0.294. The number of hydrogen-bond acceptors (Lipinski definition) is 1. The zero-order chi connectivity index (χ0) is 13.3. The lowest BCUT2D eigenvalue weighted by Crippen LogP contribution is -2.58. The predicted octanol–water partition coefficient (Wildman–Crippen LogP) is 3.22. The van der Waals surface area contributed by atoms with Crippen LogP contribution >= 0.6 is 0 Å². The molecule has 0 amide bonds. The summed E-state index contributed by atoms with van der Waals surface area (Å²) in [5.41, 5.74) is 4.12. The second kappa shape index (κ2) is 4.78. The molecule has 1 saturated heterocycles. The van der Waals surface area contributed by atoms with Crippen LogP contribution in [0.3, 0.4) is 0 Å². The fourth-order valence-corrected chi connectivity index (χ4v) is 3.00. The maximum atomic E-state index is 13.0. The van der Waals surface area contributed by atoms with E-state index in [1.165, 1.54) is 16.7 Å². The van der Waals surface area contributed by atoms with Gasteiger partial charge in [0.05, 0.1) is 0 Å². The smallest absolute Gasteiger partial charge is 0.123 e. The number of hydrogen-bond donors (Lipinski definition) is 1. The molecule has 0 saturated carbocycles. The highest BCUT2D eigenvalue weighted by molar-refractivity contribution is 5.38. The molecule has 98 valence electrons. The molecule has 1 aliphatic rings. The maximum absolute atomic E-state index is 13.0. The predicted molar refractivity (Wildman–Crippen MR) is 75.8 cm³/mol. The molecule has 19 heavy (non-hydrogen) atoms. The quantitative estimate of drug-likeness (QED) is 0.888. The van der Waals surface area contributed by atoms with Crippen LogP contribution in [0.2, 0.25) is 0 Å². The summed E-state index contributed by atoms with van der Waals surface area (Å²) < 4.78 is 13.0. The van der Waals surface area contributed by atoms with Gasteiger partial charge in [-0.05, 0) is 42.2 Å². The summed E-state index contributed by atoms with van der Waals surface area (Å²) in [7, 11) is 0. The molecule has 0 spiro atoms. The topological polar surface area (TPSA) is 12.0 Å². The highest BCUT2D eigenvalue weighted by Crippen LogP contribution is 2.34. The van der Waals surface area contributed by atoms with Crippen molar-refractivity contribution in [2.24, 2.45) is 0 Å². The van der Waals surface area contributed by atoms with Crippen LogP contribution in [0.4, 0.5) is 4.39 Å². The van der Waals surface area contributed by atoms with Gasteiger partial charge >= 0.3 is 0 Å². The molecule has 3 rings (SSSR count). The van der Waals surface area contributed by atoms with E-state index >= 15 is 0 Å². The van der Waals surface area contributed by atoms with Gasteiger partial charge in [-0.25, -0.2) is 4.39 Å². The Hall–Kier alpha value is -1.67. The third kappa shape index (κ3) is 2.28. The molecule has 0 radical (unpaired) electrons. The summed E-state index contributed by atoms with van der Waals surface area (Å²) in [5, 5.41) is 3.39. The molecule has 0 atom stereocenters. The van der Waals surface area contributed by atoms with E-state index in [-0.39, 0.29) is 11.2 Å². The zero-order valence-corrected chi connectivity index (χ0v) is 11.1. The number of nitrogens with one attached hydrogen (secondary N) is 1. The lowest BCUT2D eigenvalue weighted by Gasteiger charge is -2.44. The van der Waals surface area contributed by atoms with Crippen LogP contribution in [0, 0.1) is 12.7 Å². The van der Waals surface area contributed by atoms with Gasteiger partial charge in [-0.1, -0.05) is 36.4 Å². The van der Waals surface area contributed by atoms with E-state index in [0.29, 0.717) is 0 Å². The van der Waals surface area contributed by atoms with Gasteiger partial charge in [-0.15, -0.1) is 0 Å². The van der Waals surface area contributed by atoms with Gasteiger partial charge in [0.15, 0.2) is 0 Å². The fourth-order valence-electron chi connectivity index (χ4n) is 3.00. The Labute approximate surface area is 113 Å². The molecular weight excluding hydrogens is 237 g/mol. The van der Waals surface area contributed by atoms with E-state index in [9.17, 15) is 4.39 Å². The van der Waals surface area contributed by atoms with Crippen LogP contribution in [-0.2, 0) is 11.8 Å². The minimum absolute atomic E-state index is 0.166. The molecule has 1 heterocycles. The molecule has 0 aromatic heterocycles. The molecular formula is C17H18FN. The van der Waals surface area contributed by atoms with Gasteiger partial charge in [-0.3, -0.25) is 0 Å². The van der Waals surface area contributed by atoms with Gasteiger partial charge in [0.25, 0.3) is 0 Å². The Morgan fingerprint density at radius 2 is 1.74 bits per heavy atom. The average Bonchev–Trinajstić information content (AvgIpc) is 2.37. The normalized spacial score (nSPS) is 16.9. The van der Waals surface area contributed by atoms with Crippen molar-refractivity contribution in [3.63, 3.8) is 0 Å². The summed E-state index contributed by atoms with van der Waals surface area (Å²) >= 11 is 0. The van der Waals surface area contributed by atoms with Gasteiger partial charge < -0.3 is 5.32 Å². The summed E-state index contributed by atoms with van der Waals surface area (Å²) in [6.45, 7) is 4.16. The summed E-state index contributed by atoms with van der Waals surface area (Å²) in [6, 6.07) is 15.5. The Balaban J connectivity index is 1.92. The van der Waals surface area contributed by atoms with Crippen LogP contribution in [-0.4, -0.2) is 13.1 Å². The first-order chi connectivity index (χ1) is 9.20. The van der Waals surface area contributed by atoms with Crippen LogP contribution in [0.5, 0.6) is 0 Å². The van der Waals surface area contributed by atoms with Crippen molar-refractivity contribution in [2.45, 2.75) is 18.8 Å². The molecule has 2 heteroatoms. The van der Waals surface area contributed by atoms with Gasteiger partial charge in [0.2, 0.25) is 0 Å². The molecule has 0 bridgehead atoms. The van der Waals surface area contributed by atoms with Crippen LogP contribution in [0.15, 0.2) is 48.5 Å². The Morgan fingerprint density at radius 3 is 2.32 bits per heavy atom. The average molecular weight is 255 g/mol. The SMILES string of the molecule is Cc1ccccc1C1(Cc2ccc(F)cc2)CNC1. The van der Waals surface area contributed by atoms with Crippen molar-refractivity contribution in [1.82, 2.24) is 5.32 Å². The van der Waals surface area contributed by atoms with E-state index in [1.807, 2.05) is 12.1 Å². The number of aryl methyl sites for hydroxylation is 1. The van der Waals surface area contributed by atoms with Crippen molar-refractivity contribution < 1.29 is 4.39 Å². The minimum atomic E-state index is -0.166. The van der Waals surface area contributed by atoms with E-state index in [1.54, 1.807) is 12.1 Å². The van der Waals surface area contributed by atoms with E-state index in [0.717, 1.165) is 19.5 Å². The first kappa shape index (κ1) is 12.4. The van der Waals surface area contributed by atoms with Crippen LogP contribution in [0.1, 0.15) is 16.7 Å². The maximum Gasteiger partial charge on any atom is 0.123 e. The largest absolute Gasteiger partial charge is 0.315 e. The van der Waals surface area contributed by atoms with Crippen molar-refractivity contribution in [1.29, 1.82) is 0 Å². The number of halogens is 1. The van der Waals surface area contributed by atoms with Crippen molar-refractivity contribution in [3.05, 3.63) is 71.0 Å². The lowest BCUT2D eigenvalue weighted by molar-refractivity contribution is 0.273. The number of rotatable bonds is 3. The zero-order valence-electron chi connectivity index (χ0n) is 11.1. The minimum Gasteiger partial charge on any atom is -0.315 e. The van der Waals surface area contributed by atoms with Crippen LogP contribution in [0.25, 0.3) is 0 Å². The second-order valence-electron chi connectivity index (χ2n) is 5.50. The monoisotopic (exact) mass is 255 g/mol. The van der Waals surface area contributed by atoms with E-state index in [4.69, 9.17) is 0 Å². The van der Waals surface area contributed by atoms with Gasteiger partial charge in [-0.2, -0.15) is 0 Å². The lowest BCUT2D eigenvalue weighted by atomic mass is 9.69. The van der Waals surface area contributed by atoms with Crippen LogP contribution < -0.4 is 5.32 Å². The Kier molecular flexibility index (Phi) is 3.11. The first-order valence-electron chi connectivity index (χ1n) is 6.71. The van der Waals surface area contributed by atoms with Crippen molar-refractivity contribution in [3.8, 4) is 0 Å². The van der Waals surface area contributed by atoms with E-state index in [2.05, 4.69) is 36.5 Å². The van der Waals surface area contributed by atoms with E-state index < -0.39 is 0 Å². The highest BCUT2D eigenvalue weighted by atomic mass is 19.1. The third-order valence-electron chi connectivity index (χ3n) is 4.10. The molecule has 1 nitrogen and oxygen atoms in total. The third-order valence-corrected chi connectivity index (χ3v) is 4.10. The summed E-state index contributed by atoms with van der Waals surface area (Å²) in [4.78, 5) is 0. The second-order valence-corrected chi connectivity index (χ2v) is 5.50. The molecule has 2 aromatic rings.